The highest BCUT2D eigenvalue weighted by atomic mass is 16.6. The second-order valence-electron chi connectivity index (χ2n) is 11.4. The van der Waals surface area contributed by atoms with Crippen LogP contribution < -0.4 is 15.0 Å². The zero-order valence-corrected chi connectivity index (χ0v) is 26.7. The lowest BCUT2D eigenvalue weighted by Gasteiger charge is -2.30. The summed E-state index contributed by atoms with van der Waals surface area (Å²) in [5.74, 6) is 4.94. The Kier molecular flexibility index (Phi) is 10.6. The summed E-state index contributed by atoms with van der Waals surface area (Å²) in [5.41, 5.74) is 1.82. The van der Waals surface area contributed by atoms with E-state index in [1.54, 1.807) is 65.9 Å². The van der Waals surface area contributed by atoms with E-state index in [9.17, 15) is 19.2 Å². The lowest BCUT2D eigenvalue weighted by molar-refractivity contribution is -0.144. The molecule has 1 unspecified atom stereocenters. The first kappa shape index (κ1) is 33.5. The van der Waals surface area contributed by atoms with Gasteiger partial charge >= 0.3 is 12.1 Å². The molecule has 4 rings (SSSR count). The summed E-state index contributed by atoms with van der Waals surface area (Å²) in [5, 5.41) is 2.49. The summed E-state index contributed by atoms with van der Waals surface area (Å²) >= 11 is 0. The molecule has 0 bridgehead atoms. The monoisotopic (exact) mass is 627 g/mol. The number of aryl methyl sites for hydroxylation is 1. The minimum atomic E-state index is -0.717. The largest absolute Gasteiger partial charge is 0.466 e. The number of esters is 1. The highest BCUT2D eigenvalue weighted by Crippen LogP contribution is 2.32. The first-order chi connectivity index (χ1) is 21.8. The van der Waals surface area contributed by atoms with Gasteiger partial charge in [0.1, 0.15) is 12.1 Å². The molecule has 12 nitrogen and oxygen atoms in total. The number of rotatable bonds is 8. The van der Waals surface area contributed by atoms with Crippen molar-refractivity contribution in [1.29, 1.82) is 0 Å². The number of aromatic nitrogens is 2. The maximum atomic E-state index is 14.0. The van der Waals surface area contributed by atoms with Crippen molar-refractivity contribution < 1.29 is 33.4 Å². The summed E-state index contributed by atoms with van der Waals surface area (Å²) < 4.78 is 16.1. The summed E-state index contributed by atoms with van der Waals surface area (Å²) in [6.07, 6.45) is -0.798. The molecule has 3 aromatic rings. The van der Waals surface area contributed by atoms with Gasteiger partial charge in [0.15, 0.2) is 6.61 Å². The smallest absolute Gasteiger partial charge is 0.414 e. The minimum absolute atomic E-state index is 0.0291. The van der Waals surface area contributed by atoms with Crippen LogP contribution in [0.25, 0.3) is 0 Å². The molecule has 12 heteroatoms. The van der Waals surface area contributed by atoms with Gasteiger partial charge in [-0.15, -0.1) is 0 Å². The average Bonchev–Trinajstić information content (AvgIpc) is 3.07. The molecule has 1 aromatic heterocycles. The van der Waals surface area contributed by atoms with Gasteiger partial charge in [-0.25, -0.2) is 9.78 Å². The van der Waals surface area contributed by atoms with Crippen LogP contribution in [0.2, 0.25) is 0 Å². The van der Waals surface area contributed by atoms with Crippen LogP contribution in [0.3, 0.4) is 0 Å². The van der Waals surface area contributed by atoms with Crippen LogP contribution in [0.4, 0.5) is 16.4 Å². The van der Waals surface area contributed by atoms with Gasteiger partial charge in [0.25, 0.3) is 5.91 Å². The average molecular weight is 628 g/mol. The molecule has 2 aromatic carbocycles. The third-order valence-electron chi connectivity index (χ3n) is 6.72. The summed E-state index contributed by atoms with van der Waals surface area (Å²) in [6.45, 7) is 8.62. The van der Waals surface area contributed by atoms with Gasteiger partial charge in [-0.05, 0) is 58.4 Å². The van der Waals surface area contributed by atoms with Crippen molar-refractivity contribution in [2.24, 2.45) is 0 Å². The molecule has 240 valence electrons. The number of nitrogens with one attached hydrogen (secondary N) is 1. The third-order valence-corrected chi connectivity index (χ3v) is 6.72. The van der Waals surface area contributed by atoms with Crippen molar-refractivity contribution >= 4 is 35.5 Å². The van der Waals surface area contributed by atoms with E-state index >= 15 is 0 Å². The summed E-state index contributed by atoms with van der Waals surface area (Å²) in [6, 6.07) is 15.0. The molecule has 1 N–H and O–H groups in total. The van der Waals surface area contributed by atoms with Crippen molar-refractivity contribution in [2.75, 3.05) is 37.0 Å². The summed E-state index contributed by atoms with van der Waals surface area (Å²) in [4.78, 5) is 63.1. The zero-order valence-electron chi connectivity index (χ0n) is 26.7. The first-order valence-corrected chi connectivity index (χ1v) is 14.7. The number of fused-ring (bicyclic) bond motifs is 1. The fraction of sp³-hybridized carbons (Fsp3) is 0.353. The number of carbonyl (C=O) groups is 4. The van der Waals surface area contributed by atoms with Gasteiger partial charge < -0.3 is 24.0 Å². The van der Waals surface area contributed by atoms with Crippen molar-refractivity contribution in [3.8, 4) is 17.7 Å². The molecule has 0 aliphatic carbocycles. The molecule has 1 atom stereocenters. The predicted octanol–water partition coefficient (Wildman–Crippen LogP) is 4.68. The van der Waals surface area contributed by atoms with Crippen molar-refractivity contribution in [1.82, 2.24) is 14.9 Å². The topological polar surface area (TPSA) is 140 Å². The first-order valence-electron chi connectivity index (χ1n) is 14.7. The van der Waals surface area contributed by atoms with Gasteiger partial charge in [-0.3, -0.25) is 19.7 Å². The normalized spacial score (nSPS) is 13.5. The second-order valence-corrected chi connectivity index (χ2v) is 11.4. The number of amides is 3. The molecule has 0 fully saturated rings. The number of nitrogens with zero attached hydrogens (tertiary/aromatic N) is 4. The Labute approximate surface area is 268 Å². The molecule has 1 aliphatic heterocycles. The quantitative estimate of drug-likeness (QED) is 0.279. The number of benzene rings is 2. The Morgan fingerprint density at radius 1 is 1.07 bits per heavy atom. The molecule has 0 saturated heterocycles. The van der Waals surface area contributed by atoms with Crippen LogP contribution >= 0.6 is 0 Å². The standard InChI is InChI=1S/C34H37N5O7/c1-7-44-30(41)20-27(24-13-9-8-10-14-24)39-21-29(40)38(6)26-16-15-23(19-25(26)31(39)42)12-11-17-45-28-18-22(2)35-32(36-28)37-33(43)46-34(3,4)5/h8-10,13-16,18-19,27H,7,17,20-21H2,1-6H3,(H,35,36,37,43). The molecule has 46 heavy (non-hydrogen) atoms. The van der Waals surface area contributed by atoms with E-state index in [2.05, 4.69) is 27.1 Å². The molecule has 1 aliphatic rings. The Hall–Kier alpha value is -5.44. The predicted molar refractivity (Wildman–Crippen MR) is 170 cm³/mol. The number of carbonyl (C=O) groups excluding carboxylic acids is 4. The van der Waals surface area contributed by atoms with Gasteiger partial charge in [0.2, 0.25) is 17.7 Å². The van der Waals surface area contributed by atoms with Gasteiger partial charge in [-0.2, -0.15) is 4.98 Å². The van der Waals surface area contributed by atoms with E-state index in [1.807, 2.05) is 30.3 Å². The van der Waals surface area contributed by atoms with E-state index in [4.69, 9.17) is 14.2 Å². The molecule has 3 amide bonds. The SMILES string of the molecule is CCOC(=O)CC(c1ccccc1)N1CC(=O)N(C)c2ccc(C#CCOc3cc(C)nc(NC(=O)OC(C)(C)C)n3)cc2C1=O. The number of hydrogen-bond donors (Lipinski definition) is 1. The number of ether oxygens (including phenoxy) is 3. The Balaban J connectivity index is 1.54. The number of anilines is 2. The van der Waals surface area contributed by atoms with Crippen molar-refractivity contribution in [3.05, 3.63) is 77.0 Å². The van der Waals surface area contributed by atoms with Gasteiger partial charge in [0.05, 0.1) is 30.3 Å². The molecule has 0 spiro atoms. The van der Waals surface area contributed by atoms with Crippen LogP contribution in [-0.4, -0.2) is 71.2 Å². The van der Waals surface area contributed by atoms with Crippen LogP contribution in [0.15, 0.2) is 54.6 Å². The Bertz CT molecular complexity index is 1670. The van der Waals surface area contributed by atoms with Gasteiger partial charge in [0, 0.05) is 24.4 Å². The van der Waals surface area contributed by atoms with Crippen molar-refractivity contribution in [3.63, 3.8) is 0 Å². The highest BCUT2D eigenvalue weighted by molar-refractivity contribution is 6.09. The fourth-order valence-corrected chi connectivity index (χ4v) is 4.72. The van der Waals surface area contributed by atoms with E-state index in [0.717, 1.165) is 0 Å². The summed E-state index contributed by atoms with van der Waals surface area (Å²) in [7, 11) is 1.61. The molecule has 2 heterocycles. The Morgan fingerprint density at radius 3 is 2.50 bits per heavy atom. The molecular weight excluding hydrogens is 590 g/mol. The maximum Gasteiger partial charge on any atom is 0.414 e. The van der Waals surface area contributed by atoms with E-state index in [0.29, 0.717) is 22.5 Å². The lowest BCUT2D eigenvalue weighted by atomic mass is 10.00. The maximum absolute atomic E-state index is 14.0. The fourth-order valence-electron chi connectivity index (χ4n) is 4.72. The molecule has 0 saturated carbocycles. The number of likely N-dealkylation sites (N-methyl/N-ethyl adjacent to an activating group) is 1. The lowest BCUT2D eigenvalue weighted by Crippen LogP contribution is -2.41. The number of hydrogen-bond acceptors (Lipinski definition) is 9. The third kappa shape index (κ3) is 8.81. The molecule has 0 radical (unpaired) electrons. The minimum Gasteiger partial charge on any atom is -0.466 e. The van der Waals surface area contributed by atoms with Crippen LogP contribution in [0.5, 0.6) is 5.88 Å². The second kappa shape index (κ2) is 14.6. The Morgan fingerprint density at radius 2 is 1.80 bits per heavy atom. The van der Waals surface area contributed by atoms with E-state index < -0.39 is 29.6 Å². The van der Waals surface area contributed by atoms with Crippen LogP contribution in [0, 0.1) is 18.8 Å². The molecular formula is C34H37N5O7. The van der Waals surface area contributed by atoms with Crippen LogP contribution in [0.1, 0.15) is 67.3 Å². The van der Waals surface area contributed by atoms with Crippen LogP contribution in [-0.2, 0) is 19.1 Å². The highest BCUT2D eigenvalue weighted by Gasteiger charge is 2.36. The van der Waals surface area contributed by atoms with E-state index in [1.165, 1.54) is 9.80 Å². The van der Waals surface area contributed by atoms with Crippen molar-refractivity contribution in [2.45, 2.75) is 52.7 Å². The zero-order chi connectivity index (χ0) is 33.4. The van der Waals surface area contributed by atoms with Gasteiger partial charge in [-0.1, -0.05) is 42.2 Å². The van der Waals surface area contributed by atoms with E-state index in [-0.39, 0.29) is 49.5 Å².